The van der Waals surface area contributed by atoms with Crippen molar-refractivity contribution in [1.29, 1.82) is 0 Å². The molecule has 3 nitrogen and oxygen atoms in total. The standard InChI is InChI=1S/C19H24N2O/c1-14(2)10-11-21-13-15-4-3-5-18(12-15)16-6-8-17(9-7-16)19(20)22/h3-9,12,14,21H,10-11,13H2,1-2H3,(H2,20,22). The van der Waals surface area contributed by atoms with Crippen LogP contribution in [0.5, 0.6) is 0 Å². The largest absolute Gasteiger partial charge is 0.366 e. The van der Waals surface area contributed by atoms with Crippen molar-refractivity contribution in [3.05, 3.63) is 59.7 Å². The highest BCUT2D eigenvalue weighted by Crippen LogP contribution is 2.21. The van der Waals surface area contributed by atoms with Gasteiger partial charge in [-0.2, -0.15) is 0 Å². The second-order valence-corrected chi connectivity index (χ2v) is 6.00. The first-order valence-corrected chi connectivity index (χ1v) is 7.76. The lowest BCUT2D eigenvalue weighted by Gasteiger charge is -2.09. The number of amides is 1. The molecule has 0 bridgehead atoms. The fourth-order valence-electron chi connectivity index (χ4n) is 2.31. The Kier molecular flexibility index (Phi) is 5.73. The highest BCUT2D eigenvalue weighted by Gasteiger charge is 2.03. The summed E-state index contributed by atoms with van der Waals surface area (Å²) in [5, 5.41) is 3.47. The number of hydrogen-bond acceptors (Lipinski definition) is 2. The molecule has 0 radical (unpaired) electrons. The van der Waals surface area contributed by atoms with E-state index >= 15 is 0 Å². The van der Waals surface area contributed by atoms with Crippen LogP contribution in [-0.2, 0) is 6.54 Å². The Morgan fingerprint density at radius 3 is 2.45 bits per heavy atom. The lowest BCUT2D eigenvalue weighted by molar-refractivity contribution is 0.100. The van der Waals surface area contributed by atoms with Crippen molar-refractivity contribution >= 4 is 5.91 Å². The van der Waals surface area contributed by atoms with E-state index in [-0.39, 0.29) is 0 Å². The van der Waals surface area contributed by atoms with E-state index in [2.05, 4.69) is 43.4 Å². The Morgan fingerprint density at radius 2 is 1.82 bits per heavy atom. The van der Waals surface area contributed by atoms with Crippen LogP contribution in [0.3, 0.4) is 0 Å². The molecule has 0 fully saturated rings. The van der Waals surface area contributed by atoms with Crippen molar-refractivity contribution in [1.82, 2.24) is 5.32 Å². The van der Waals surface area contributed by atoms with Crippen molar-refractivity contribution < 1.29 is 4.79 Å². The lowest BCUT2D eigenvalue weighted by Crippen LogP contribution is -2.16. The van der Waals surface area contributed by atoms with Gasteiger partial charge in [0.2, 0.25) is 5.91 Å². The number of hydrogen-bond donors (Lipinski definition) is 2. The van der Waals surface area contributed by atoms with Crippen molar-refractivity contribution in [2.24, 2.45) is 11.7 Å². The molecule has 2 aromatic rings. The normalized spacial score (nSPS) is 10.9. The summed E-state index contributed by atoms with van der Waals surface area (Å²) >= 11 is 0. The van der Waals surface area contributed by atoms with Gasteiger partial charge in [-0.25, -0.2) is 0 Å². The summed E-state index contributed by atoms with van der Waals surface area (Å²) in [5.74, 6) is 0.331. The SMILES string of the molecule is CC(C)CCNCc1cccc(-c2ccc(C(N)=O)cc2)c1. The minimum atomic E-state index is -0.394. The van der Waals surface area contributed by atoms with Crippen LogP contribution >= 0.6 is 0 Å². The molecule has 0 saturated carbocycles. The smallest absolute Gasteiger partial charge is 0.248 e. The molecule has 0 unspecified atom stereocenters. The van der Waals surface area contributed by atoms with Crippen molar-refractivity contribution in [3.8, 4) is 11.1 Å². The third-order valence-corrected chi connectivity index (χ3v) is 3.66. The van der Waals surface area contributed by atoms with Crippen molar-refractivity contribution in [3.63, 3.8) is 0 Å². The zero-order valence-electron chi connectivity index (χ0n) is 13.3. The Labute approximate surface area is 132 Å². The van der Waals surface area contributed by atoms with Crippen LogP contribution in [0.15, 0.2) is 48.5 Å². The average Bonchev–Trinajstić information content (AvgIpc) is 2.52. The maximum absolute atomic E-state index is 11.1. The number of primary amides is 1. The second kappa shape index (κ2) is 7.76. The molecule has 2 aromatic carbocycles. The maximum atomic E-state index is 11.1. The minimum Gasteiger partial charge on any atom is -0.366 e. The van der Waals surface area contributed by atoms with Gasteiger partial charge in [0.25, 0.3) is 0 Å². The van der Waals surface area contributed by atoms with Gasteiger partial charge in [-0.3, -0.25) is 4.79 Å². The second-order valence-electron chi connectivity index (χ2n) is 6.00. The topological polar surface area (TPSA) is 55.1 Å². The number of carbonyl (C=O) groups is 1. The molecule has 0 heterocycles. The third-order valence-electron chi connectivity index (χ3n) is 3.66. The van der Waals surface area contributed by atoms with E-state index in [1.807, 2.05) is 12.1 Å². The van der Waals surface area contributed by atoms with Gasteiger partial charge in [0, 0.05) is 12.1 Å². The van der Waals surface area contributed by atoms with Crippen molar-refractivity contribution in [2.75, 3.05) is 6.54 Å². The van der Waals surface area contributed by atoms with Crippen LogP contribution in [0.1, 0.15) is 36.2 Å². The summed E-state index contributed by atoms with van der Waals surface area (Å²) in [5.41, 5.74) is 9.31. The highest BCUT2D eigenvalue weighted by molar-refractivity contribution is 5.93. The van der Waals surface area contributed by atoms with Crippen LogP contribution in [0.2, 0.25) is 0 Å². The van der Waals surface area contributed by atoms with Gasteiger partial charge in [0.05, 0.1) is 0 Å². The molecule has 2 rings (SSSR count). The summed E-state index contributed by atoms with van der Waals surface area (Å²) in [6.07, 6.45) is 1.19. The van der Waals surface area contributed by atoms with Crippen LogP contribution in [0, 0.1) is 5.92 Å². The molecule has 0 aliphatic rings. The Bertz CT molecular complexity index is 618. The van der Waals surface area contributed by atoms with Gasteiger partial charge < -0.3 is 11.1 Å². The number of nitrogens with two attached hydrogens (primary N) is 1. The van der Waals surface area contributed by atoms with Crippen LogP contribution < -0.4 is 11.1 Å². The zero-order chi connectivity index (χ0) is 15.9. The first-order chi connectivity index (χ1) is 10.6. The minimum absolute atomic E-state index is 0.394. The summed E-state index contributed by atoms with van der Waals surface area (Å²) in [4.78, 5) is 11.1. The molecule has 22 heavy (non-hydrogen) atoms. The van der Waals surface area contributed by atoms with Crippen LogP contribution in [-0.4, -0.2) is 12.5 Å². The Hall–Kier alpha value is -2.13. The maximum Gasteiger partial charge on any atom is 0.248 e. The van der Waals surface area contributed by atoms with Crippen LogP contribution in [0.25, 0.3) is 11.1 Å². The first kappa shape index (κ1) is 16.2. The molecular formula is C19H24N2O. The Balaban J connectivity index is 2.03. The molecule has 0 aliphatic heterocycles. The predicted molar refractivity (Wildman–Crippen MR) is 91.6 cm³/mol. The molecule has 3 heteroatoms. The monoisotopic (exact) mass is 296 g/mol. The van der Waals surface area contributed by atoms with E-state index in [1.165, 1.54) is 12.0 Å². The molecule has 0 aliphatic carbocycles. The number of rotatable bonds is 7. The molecule has 1 amide bonds. The summed E-state index contributed by atoms with van der Waals surface area (Å²) in [7, 11) is 0. The van der Waals surface area contributed by atoms with Gasteiger partial charge in [-0.1, -0.05) is 44.2 Å². The van der Waals surface area contributed by atoms with E-state index in [0.29, 0.717) is 5.56 Å². The predicted octanol–water partition coefficient (Wildman–Crippen LogP) is 3.59. The Morgan fingerprint density at radius 1 is 1.09 bits per heavy atom. The third kappa shape index (κ3) is 4.71. The van der Waals surface area contributed by atoms with Gasteiger partial charge in [-0.15, -0.1) is 0 Å². The molecule has 116 valence electrons. The first-order valence-electron chi connectivity index (χ1n) is 7.76. The van der Waals surface area contributed by atoms with Crippen LogP contribution in [0.4, 0.5) is 0 Å². The lowest BCUT2D eigenvalue weighted by atomic mass is 10.0. The fourth-order valence-corrected chi connectivity index (χ4v) is 2.31. The number of benzene rings is 2. The van der Waals surface area contributed by atoms with E-state index < -0.39 is 5.91 Å². The molecule has 0 spiro atoms. The fraction of sp³-hybridized carbons (Fsp3) is 0.316. The van der Waals surface area contributed by atoms with Gasteiger partial charge in [0.15, 0.2) is 0 Å². The zero-order valence-corrected chi connectivity index (χ0v) is 13.3. The molecule has 0 saturated heterocycles. The van der Waals surface area contributed by atoms with Crippen molar-refractivity contribution in [2.45, 2.75) is 26.8 Å². The van der Waals surface area contributed by atoms with E-state index in [1.54, 1.807) is 12.1 Å². The van der Waals surface area contributed by atoms with Gasteiger partial charge >= 0.3 is 0 Å². The molecular weight excluding hydrogens is 272 g/mol. The van der Waals surface area contributed by atoms with E-state index in [0.717, 1.165) is 30.1 Å². The summed E-state index contributed by atoms with van der Waals surface area (Å²) in [6.45, 7) is 6.38. The average molecular weight is 296 g/mol. The van der Waals surface area contributed by atoms with Gasteiger partial charge in [0.1, 0.15) is 0 Å². The van der Waals surface area contributed by atoms with E-state index in [4.69, 9.17) is 5.73 Å². The van der Waals surface area contributed by atoms with Gasteiger partial charge in [-0.05, 0) is 53.8 Å². The number of carbonyl (C=O) groups excluding carboxylic acids is 1. The number of nitrogens with one attached hydrogen (secondary N) is 1. The molecule has 0 aromatic heterocycles. The van der Waals surface area contributed by atoms with E-state index in [9.17, 15) is 4.79 Å². The summed E-state index contributed by atoms with van der Waals surface area (Å²) in [6, 6.07) is 15.9. The molecule has 0 atom stereocenters. The summed E-state index contributed by atoms with van der Waals surface area (Å²) < 4.78 is 0. The highest BCUT2D eigenvalue weighted by atomic mass is 16.1. The molecule has 3 N–H and O–H groups in total. The quantitative estimate of drug-likeness (QED) is 0.767.